The molecule has 0 amide bonds. The van der Waals surface area contributed by atoms with Crippen LogP contribution in [0, 0.1) is 0 Å². The van der Waals surface area contributed by atoms with Gasteiger partial charge in [-0.1, -0.05) is 6.07 Å². The molecule has 3 rings (SSSR count). The molecule has 1 aliphatic rings. The second-order valence-electron chi connectivity index (χ2n) is 6.76. The lowest BCUT2D eigenvalue weighted by Crippen LogP contribution is -2.42. The van der Waals surface area contributed by atoms with Crippen molar-refractivity contribution in [2.45, 2.75) is 25.4 Å². The number of nitrogens with zero attached hydrogens (tertiary/aromatic N) is 2. The van der Waals surface area contributed by atoms with Crippen LogP contribution in [0.1, 0.15) is 29.3 Å². The van der Waals surface area contributed by atoms with Crippen LogP contribution in [0.4, 0.5) is 0 Å². The van der Waals surface area contributed by atoms with Crippen LogP contribution in [0.25, 0.3) is 0 Å². The van der Waals surface area contributed by atoms with E-state index in [9.17, 15) is 0 Å². The zero-order valence-electron chi connectivity index (χ0n) is 17.3. The molecule has 1 unspecified atom stereocenters. The van der Waals surface area contributed by atoms with Crippen LogP contribution < -0.4 is 20.1 Å². The smallest absolute Gasteiger partial charge is 0.191 e. The molecule has 2 heterocycles. The number of hydrogen-bond acceptors (Lipinski definition) is 5. The summed E-state index contributed by atoms with van der Waals surface area (Å²) in [4.78, 5) is 8.36. The molecule has 6 nitrogen and oxygen atoms in total. The third-order valence-electron chi connectivity index (χ3n) is 5.08. The predicted molar refractivity (Wildman–Crippen MR) is 131 cm³/mol. The van der Waals surface area contributed by atoms with Crippen LogP contribution >= 0.6 is 35.3 Å². The van der Waals surface area contributed by atoms with Crippen molar-refractivity contribution in [2.24, 2.45) is 4.99 Å². The van der Waals surface area contributed by atoms with E-state index >= 15 is 0 Å². The first-order valence-corrected chi connectivity index (χ1v) is 10.6. The van der Waals surface area contributed by atoms with Gasteiger partial charge < -0.3 is 20.1 Å². The number of benzene rings is 1. The Morgan fingerprint density at radius 2 is 1.97 bits per heavy atom. The van der Waals surface area contributed by atoms with Gasteiger partial charge in [0.1, 0.15) is 11.5 Å². The average molecular weight is 530 g/mol. The summed E-state index contributed by atoms with van der Waals surface area (Å²) in [6.45, 7) is 3.79. The highest BCUT2D eigenvalue weighted by molar-refractivity contribution is 14.0. The number of nitrogens with one attached hydrogen (secondary N) is 2. The van der Waals surface area contributed by atoms with E-state index in [4.69, 9.17) is 9.47 Å². The Hall–Kier alpha value is -1.52. The van der Waals surface area contributed by atoms with E-state index < -0.39 is 0 Å². The number of methoxy groups -OCH3 is 2. The zero-order valence-corrected chi connectivity index (χ0v) is 20.5. The van der Waals surface area contributed by atoms with Gasteiger partial charge >= 0.3 is 0 Å². The number of ether oxygens (including phenoxy) is 2. The summed E-state index contributed by atoms with van der Waals surface area (Å²) in [5.41, 5.74) is 1.06. The van der Waals surface area contributed by atoms with Gasteiger partial charge in [-0.25, -0.2) is 0 Å². The number of guanidine groups is 1. The Labute approximate surface area is 194 Å². The van der Waals surface area contributed by atoms with Crippen LogP contribution in [-0.2, 0) is 6.54 Å². The third kappa shape index (κ3) is 6.48. The molecule has 0 saturated carbocycles. The standard InChI is InChI=1S/C21H30N4O2S.HI/c1-22-21(23-14-16-8-9-17(26-2)13-19(16)27-3)24-15-18(20-7-6-12-28-20)25-10-4-5-11-25;/h6-9,12-13,18H,4-5,10-11,14-15H2,1-3H3,(H2,22,23,24);1H. The molecule has 0 radical (unpaired) electrons. The summed E-state index contributed by atoms with van der Waals surface area (Å²) in [5.74, 6) is 2.38. The van der Waals surface area contributed by atoms with Crippen molar-refractivity contribution < 1.29 is 9.47 Å². The number of thiophene rings is 1. The molecule has 0 spiro atoms. The van der Waals surface area contributed by atoms with Crippen molar-refractivity contribution in [2.75, 3.05) is 40.9 Å². The normalized spacial score (nSPS) is 15.5. The maximum Gasteiger partial charge on any atom is 0.191 e. The average Bonchev–Trinajstić information content (AvgIpc) is 3.45. The van der Waals surface area contributed by atoms with Crippen LogP contribution in [-0.4, -0.2) is 51.8 Å². The SMILES string of the molecule is CN=C(NCc1ccc(OC)cc1OC)NCC(c1cccs1)N1CCCC1.I. The van der Waals surface area contributed by atoms with E-state index in [0.717, 1.165) is 29.6 Å². The van der Waals surface area contributed by atoms with Gasteiger partial charge in [-0.2, -0.15) is 0 Å². The molecule has 0 aliphatic carbocycles. The van der Waals surface area contributed by atoms with Crippen molar-refractivity contribution in [3.05, 3.63) is 46.2 Å². The number of likely N-dealkylation sites (tertiary alicyclic amines) is 1. The van der Waals surface area contributed by atoms with E-state index in [1.165, 1.54) is 30.8 Å². The fourth-order valence-electron chi connectivity index (χ4n) is 3.53. The molecule has 1 aliphatic heterocycles. The largest absolute Gasteiger partial charge is 0.497 e. The monoisotopic (exact) mass is 530 g/mol. The number of rotatable bonds is 8. The summed E-state index contributed by atoms with van der Waals surface area (Å²) in [6, 6.07) is 10.6. The van der Waals surface area contributed by atoms with Gasteiger partial charge in [0, 0.05) is 36.6 Å². The van der Waals surface area contributed by atoms with Crippen LogP contribution in [0.2, 0.25) is 0 Å². The van der Waals surface area contributed by atoms with Gasteiger partial charge in [0.15, 0.2) is 5.96 Å². The first-order valence-electron chi connectivity index (χ1n) is 9.68. The van der Waals surface area contributed by atoms with E-state index in [-0.39, 0.29) is 24.0 Å². The van der Waals surface area contributed by atoms with E-state index in [1.807, 2.05) is 29.5 Å². The second-order valence-corrected chi connectivity index (χ2v) is 7.74. The van der Waals surface area contributed by atoms with Crippen molar-refractivity contribution >= 4 is 41.3 Å². The fraction of sp³-hybridized carbons (Fsp3) is 0.476. The molecule has 160 valence electrons. The summed E-state index contributed by atoms with van der Waals surface area (Å²) >= 11 is 1.83. The summed E-state index contributed by atoms with van der Waals surface area (Å²) in [5, 5.41) is 9.05. The number of aliphatic imine (C=N–C) groups is 1. The number of halogens is 1. The number of hydrogen-bond donors (Lipinski definition) is 2. The van der Waals surface area contributed by atoms with Crippen LogP contribution in [0.3, 0.4) is 0 Å². The Balaban J connectivity index is 0.00000300. The molecule has 1 fully saturated rings. The van der Waals surface area contributed by atoms with E-state index in [2.05, 4.69) is 38.0 Å². The molecule has 1 aromatic heterocycles. The predicted octanol–water partition coefficient (Wildman–Crippen LogP) is 3.89. The minimum atomic E-state index is 0. The maximum absolute atomic E-state index is 5.48. The minimum absolute atomic E-state index is 0. The quantitative estimate of drug-likeness (QED) is 0.308. The molecule has 2 aromatic rings. The lowest BCUT2D eigenvalue weighted by atomic mass is 10.2. The fourth-order valence-corrected chi connectivity index (χ4v) is 4.40. The molecule has 2 N–H and O–H groups in total. The molecule has 29 heavy (non-hydrogen) atoms. The van der Waals surface area contributed by atoms with Crippen molar-refractivity contribution in [3.63, 3.8) is 0 Å². The Kier molecular flexibility index (Phi) is 10.0. The minimum Gasteiger partial charge on any atom is -0.497 e. The Morgan fingerprint density at radius 3 is 2.59 bits per heavy atom. The van der Waals surface area contributed by atoms with Crippen LogP contribution in [0.15, 0.2) is 40.7 Å². The highest BCUT2D eigenvalue weighted by Crippen LogP contribution is 2.28. The van der Waals surface area contributed by atoms with Gasteiger partial charge in [-0.05, 0) is 49.5 Å². The lowest BCUT2D eigenvalue weighted by Gasteiger charge is -2.27. The summed E-state index contributed by atoms with van der Waals surface area (Å²) < 4.78 is 10.8. The summed E-state index contributed by atoms with van der Waals surface area (Å²) in [7, 11) is 5.13. The van der Waals surface area contributed by atoms with Crippen molar-refractivity contribution in [1.29, 1.82) is 0 Å². The van der Waals surface area contributed by atoms with Gasteiger partial charge in [0.05, 0.1) is 20.3 Å². The van der Waals surface area contributed by atoms with Gasteiger partial charge in [0.2, 0.25) is 0 Å². The molecule has 0 bridgehead atoms. The molecule has 1 aromatic carbocycles. The van der Waals surface area contributed by atoms with Crippen molar-refractivity contribution in [1.82, 2.24) is 15.5 Å². The topological polar surface area (TPSA) is 58.1 Å². The van der Waals surface area contributed by atoms with Gasteiger partial charge in [0.25, 0.3) is 0 Å². The van der Waals surface area contributed by atoms with Crippen molar-refractivity contribution in [3.8, 4) is 11.5 Å². The van der Waals surface area contributed by atoms with Gasteiger partial charge in [-0.15, -0.1) is 35.3 Å². The van der Waals surface area contributed by atoms with Crippen LogP contribution in [0.5, 0.6) is 11.5 Å². The Bertz CT molecular complexity index is 764. The second kappa shape index (κ2) is 12.2. The van der Waals surface area contributed by atoms with Gasteiger partial charge in [-0.3, -0.25) is 9.89 Å². The van der Waals surface area contributed by atoms with E-state index in [1.54, 1.807) is 21.3 Å². The Morgan fingerprint density at radius 1 is 1.17 bits per heavy atom. The molecule has 1 saturated heterocycles. The molecular formula is C21H31IN4O2S. The zero-order chi connectivity index (χ0) is 19.8. The highest BCUT2D eigenvalue weighted by atomic mass is 127. The first kappa shape index (κ1) is 23.8. The molecular weight excluding hydrogens is 499 g/mol. The first-order chi connectivity index (χ1) is 13.7. The highest BCUT2D eigenvalue weighted by Gasteiger charge is 2.24. The maximum atomic E-state index is 5.48. The lowest BCUT2D eigenvalue weighted by molar-refractivity contribution is 0.249. The summed E-state index contributed by atoms with van der Waals surface area (Å²) in [6.07, 6.45) is 2.57. The molecule has 1 atom stereocenters. The molecule has 8 heteroatoms. The third-order valence-corrected chi connectivity index (χ3v) is 6.05. The van der Waals surface area contributed by atoms with E-state index in [0.29, 0.717) is 12.6 Å².